The minimum absolute atomic E-state index is 0.0801. The summed E-state index contributed by atoms with van der Waals surface area (Å²) in [6.45, 7) is 0. The molecule has 0 aliphatic rings. The molecule has 0 spiro atoms. The van der Waals surface area contributed by atoms with Gasteiger partial charge in [0.2, 0.25) is 5.76 Å². The fourth-order valence-electron chi connectivity index (χ4n) is 2.83. The molecule has 0 saturated carbocycles. The van der Waals surface area contributed by atoms with Crippen molar-refractivity contribution in [3.63, 3.8) is 0 Å². The van der Waals surface area contributed by atoms with Gasteiger partial charge >= 0.3 is 11.9 Å². The molecular weight excluding hydrogens is 332 g/mol. The van der Waals surface area contributed by atoms with Crippen molar-refractivity contribution in [2.45, 2.75) is 6.42 Å². The van der Waals surface area contributed by atoms with Crippen LogP contribution in [0.5, 0.6) is 0 Å². The Kier molecular flexibility index (Phi) is 5.17. The van der Waals surface area contributed by atoms with Crippen molar-refractivity contribution in [3.8, 4) is 11.1 Å². The lowest BCUT2D eigenvalue weighted by Gasteiger charge is -2.06. The van der Waals surface area contributed by atoms with Crippen molar-refractivity contribution in [2.75, 3.05) is 14.2 Å². The zero-order valence-electron chi connectivity index (χ0n) is 14.5. The number of methoxy groups -OCH3 is 2. The fraction of sp³-hybridized carbons (Fsp3) is 0.143. The number of esters is 2. The van der Waals surface area contributed by atoms with E-state index >= 15 is 0 Å². The van der Waals surface area contributed by atoms with Crippen LogP contribution in [0.2, 0.25) is 0 Å². The summed E-state index contributed by atoms with van der Waals surface area (Å²) in [5.41, 5.74) is 2.38. The second-order valence-electron chi connectivity index (χ2n) is 5.62. The van der Waals surface area contributed by atoms with E-state index < -0.39 is 11.9 Å². The van der Waals surface area contributed by atoms with Gasteiger partial charge in [0.1, 0.15) is 11.3 Å². The Hall–Kier alpha value is -3.34. The highest BCUT2D eigenvalue weighted by Gasteiger charge is 2.31. The quantitative estimate of drug-likeness (QED) is 0.648. The van der Waals surface area contributed by atoms with Crippen LogP contribution in [0, 0.1) is 0 Å². The summed E-state index contributed by atoms with van der Waals surface area (Å²) in [6.07, 6.45) is 0.423. The van der Waals surface area contributed by atoms with Gasteiger partial charge < -0.3 is 13.9 Å². The van der Waals surface area contributed by atoms with Crippen LogP contribution >= 0.6 is 0 Å². The van der Waals surface area contributed by atoms with Crippen molar-refractivity contribution >= 4 is 11.9 Å². The predicted molar refractivity (Wildman–Crippen MR) is 96.1 cm³/mol. The molecule has 0 fully saturated rings. The number of furan rings is 1. The molecule has 0 amide bonds. The summed E-state index contributed by atoms with van der Waals surface area (Å²) in [5, 5.41) is 0. The van der Waals surface area contributed by atoms with Crippen molar-refractivity contribution in [3.05, 3.63) is 83.3 Å². The van der Waals surface area contributed by atoms with Crippen LogP contribution in [0.4, 0.5) is 0 Å². The van der Waals surface area contributed by atoms with Crippen LogP contribution in [0.25, 0.3) is 11.1 Å². The van der Waals surface area contributed by atoms with Gasteiger partial charge in [-0.1, -0.05) is 60.7 Å². The maximum Gasteiger partial charge on any atom is 0.374 e. The lowest BCUT2D eigenvalue weighted by molar-refractivity contribution is 0.0527. The van der Waals surface area contributed by atoms with Gasteiger partial charge in [-0.25, -0.2) is 9.59 Å². The lowest BCUT2D eigenvalue weighted by atomic mass is 9.97. The van der Waals surface area contributed by atoms with E-state index in [9.17, 15) is 9.59 Å². The van der Waals surface area contributed by atoms with Crippen LogP contribution in [-0.4, -0.2) is 26.2 Å². The Morgan fingerprint density at radius 2 is 1.42 bits per heavy atom. The Labute approximate surface area is 151 Å². The highest BCUT2D eigenvalue weighted by Crippen LogP contribution is 2.35. The molecule has 0 atom stereocenters. The summed E-state index contributed by atoms with van der Waals surface area (Å²) in [7, 11) is 2.51. The van der Waals surface area contributed by atoms with Gasteiger partial charge in [0.05, 0.1) is 14.2 Å². The first-order chi connectivity index (χ1) is 12.7. The van der Waals surface area contributed by atoms with E-state index in [2.05, 4.69) is 0 Å². The molecule has 132 valence electrons. The molecule has 0 N–H and O–H groups in total. The standard InChI is InChI=1S/C21H18O5/c1-24-20(22)18-17(15-11-7-4-8-12-15)16(26-19(18)21(23)25-2)13-14-9-5-3-6-10-14/h3-12H,13H2,1-2H3. The average molecular weight is 350 g/mol. The summed E-state index contributed by atoms with van der Waals surface area (Å²) >= 11 is 0. The fourth-order valence-corrected chi connectivity index (χ4v) is 2.83. The number of benzene rings is 2. The first kappa shape index (κ1) is 17.5. The molecular formula is C21H18O5. The van der Waals surface area contributed by atoms with Crippen LogP contribution in [0.1, 0.15) is 32.2 Å². The van der Waals surface area contributed by atoms with E-state index in [1.54, 1.807) is 0 Å². The van der Waals surface area contributed by atoms with Crippen LogP contribution in [-0.2, 0) is 15.9 Å². The maximum atomic E-state index is 12.4. The number of ether oxygens (including phenoxy) is 2. The molecule has 3 rings (SSSR count). The topological polar surface area (TPSA) is 65.7 Å². The lowest BCUT2D eigenvalue weighted by Crippen LogP contribution is -2.10. The Morgan fingerprint density at radius 1 is 0.846 bits per heavy atom. The zero-order chi connectivity index (χ0) is 18.5. The monoisotopic (exact) mass is 350 g/mol. The summed E-state index contributed by atoms with van der Waals surface area (Å²) < 4.78 is 15.5. The summed E-state index contributed by atoms with van der Waals surface area (Å²) in [5.74, 6) is -1.01. The van der Waals surface area contributed by atoms with Gasteiger partial charge in [-0.3, -0.25) is 0 Å². The molecule has 0 saturated heterocycles. The number of hydrogen-bond donors (Lipinski definition) is 0. The van der Waals surface area contributed by atoms with Gasteiger partial charge in [-0.15, -0.1) is 0 Å². The van der Waals surface area contributed by atoms with Crippen LogP contribution < -0.4 is 0 Å². The predicted octanol–water partition coefficient (Wildman–Crippen LogP) is 4.11. The normalized spacial score (nSPS) is 10.4. The third kappa shape index (κ3) is 3.37. The maximum absolute atomic E-state index is 12.4. The third-order valence-corrected chi connectivity index (χ3v) is 4.01. The van der Waals surface area contributed by atoms with E-state index in [1.807, 2.05) is 60.7 Å². The molecule has 26 heavy (non-hydrogen) atoms. The average Bonchev–Trinajstić information content (AvgIpc) is 3.07. The van der Waals surface area contributed by atoms with E-state index in [0.29, 0.717) is 17.7 Å². The highest BCUT2D eigenvalue weighted by molar-refractivity contribution is 6.07. The number of carbonyl (C=O) groups is 2. The molecule has 0 aliphatic carbocycles. The number of rotatable bonds is 5. The highest BCUT2D eigenvalue weighted by atomic mass is 16.5. The largest absolute Gasteiger partial charge is 0.465 e. The molecule has 1 heterocycles. The first-order valence-electron chi connectivity index (χ1n) is 8.07. The van der Waals surface area contributed by atoms with E-state index in [4.69, 9.17) is 13.9 Å². The smallest absolute Gasteiger partial charge is 0.374 e. The van der Waals surface area contributed by atoms with Crippen molar-refractivity contribution in [2.24, 2.45) is 0 Å². The molecule has 0 bridgehead atoms. The van der Waals surface area contributed by atoms with Crippen LogP contribution in [0.3, 0.4) is 0 Å². The number of carbonyl (C=O) groups excluding carboxylic acids is 2. The molecule has 3 aromatic rings. The minimum atomic E-state index is -0.720. The molecule has 0 radical (unpaired) electrons. The first-order valence-corrected chi connectivity index (χ1v) is 8.07. The van der Waals surface area contributed by atoms with Gasteiger partial charge in [0, 0.05) is 12.0 Å². The minimum Gasteiger partial charge on any atom is -0.465 e. The van der Waals surface area contributed by atoms with Gasteiger partial charge in [-0.05, 0) is 11.1 Å². The third-order valence-electron chi connectivity index (χ3n) is 4.01. The molecule has 0 aliphatic heterocycles. The van der Waals surface area contributed by atoms with E-state index in [1.165, 1.54) is 14.2 Å². The molecule has 5 nitrogen and oxygen atoms in total. The molecule has 5 heteroatoms. The Morgan fingerprint density at radius 3 is 2.00 bits per heavy atom. The number of hydrogen-bond acceptors (Lipinski definition) is 5. The van der Waals surface area contributed by atoms with Gasteiger partial charge in [-0.2, -0.15) is 0 Å². The Balaban J connectivity index is 2.23. The van der Waals surface area contributed by atoms with E-state index in [0.717, 1.165) is 11.1 Å². The Bertz CT molecular complexity index is 910. The van der Waals surface area contributed by atoms with Gasteiger partial charge in [0.15, 0.2) is 0 Å². The molecule has 1 aromatic heterocycles. The van der Waals surface area contributed by atoms with Crippen molar-refractivity contribution in [1.29, 1.82) is 0 Å². The van der Waals surface area contributed by atoms with Gasteiger partial charge in [0.25, 0.3) is 0 Å². The molecule has 2 aromatic carbocycles. The SMILES string of the molecule is COC(=O)c1oc(Cc2ccccc2)c(-c2ccccc2)c1C(=O)OC. The summed E-state index contributed by atoms with van der Waals surface area (Å²) in [6, 6.07) is 19.0. The second-order valence-corrected chi connectivity index (χ2v) is 5.62. The van der Waals surface area contributed by atoms with Crippen molar-refractivity contribution in [1.82, 2.24) is 0 Å². The van der Waals surface area contributed by atoms with Crippen molar-refractivity contribution < 1.29 is 23.5 Å². The zero-order valence-corrected chi connectivity index (χ0v) is 14.5. The second kappa shape index (κ2) is 7.70. The summed E-state index contributed by atoms with van der Waals surface area (Å²) in [4.78, 5) is 24.6. The molecule has 0 unspecified atom stereocenters. The van der Waals surface area contributed by atoms with E-state index in [-0.39, 0.29) is 11.3 Å². The van der Waals surface area contributed by atoms with Crippen LogP contribution in [0.15, 0.2) is 65.1 Å².